The molecule has 29 heavy (non-hydrogen) atoms. The van der Waals surface area contributed by atoms with Crippen molar-refractivity contribution in [2.45, 2.75) is 58.3 Å². The summed E-state index contributed by atoms with van der Waals surface area (Å²) in [6.45, 7) is 9.60. The lowest BCUT2D eigenvalue weighted by atomic mass is 9.94. The van der Waals surface area contributed by atoms with Crippen LogP contribution in [0.15, 0.2) is 18.3 Å². The fourth-order valence-corrected chi connectivity index (χ4v) is 4.10. The SMILES string of the molecule is CC(C)(C)OC(O)N1C[C@@H]2[C@H](C1)[C@H]2C(=O)NC(C)(C)c1ncccc1C(F)(F)F. The predicted molar refractivity (Wildman–Crippen MR) is 99.3 cm³/mol. The summed E-state index contributed by atoms with van der Waals surface area (Å²) >= 11 is 0. The highest BCUT2D eigenvalue weighted by Gasteiger charge is 2.61. The van der Waals surface area contributed by atoms with Gasteiger partial charge in [0.2, 0.25) is 12.3 Å². The van der Waals surface area contributed by atoms with E-state index in [2.05, 4.69) is 10.3 Å². The van der Waals surface area contributed by atoms with E-state index in [1.165, 1.54) is 26.1 Å². The molecule has 0 aromatic carbocycles. The quantitative estimate of drug-likeness (QED) is 0.724. The van der Waals surface area contributed by atoms with E-state index in [1.54, 1.807) is 4.90 Å². The molecule has 2 fully saturated rings. The fraction of sp³-hybridized carbons (Fsp3) is 0.700. The van der Waals surface area contributed by atoms with Gasteiger partial charge in [0.15, 0.2) is 0 Å². The molecule has 0 bridgehead atoms. The van der Waals surface area contributed by atoms with Crippen LogP contribution in [0.25, 0.3) is 0 Å². The van der Waals surface area contributed by atoms with E-state index in [-0.39, 0.29) is 29.4 Å². The Balaban J connectivity index is 1.62. The van der Waals surface area contributed by atoms with Crippen molar-refractivity contribution in [3.63, 3.8) is 0 Å². The van der Waals surface area contributed by atoms with E-state index in [0.29, 0.717) is 13.1 Å². The molecule has 1 saturated heterocycles. The normalized spacial score (nSPS) is 26.2. The summed E-state index contributed by atoms with van der Waals surface area (Å²) in [5.74, 6) is -0.426. The highest BCUT2D eigenvalue weighted by Crippen LogP contribution is 2.52. The maximum absolute atomic E-state index is 13.3. The number of halogens is 3. The predicted octanol–water partition coefficient (Wildman–Crippen LogP) is 2.72. The van der Waals surface area contributed by atoms with Crippen molar-refractivity contribution in [1.29, 1.82) is 0 Å². The number of aliphatic hydroxyl groups is 1. The first-order valence-corrected chi connectivity index (χ1v) is 9.65. The summed E-state index contributed by atoms with van der Waals surface area (Å²) in [4.78, 5) is 18.4. The first-order valence-electron chi connectivity index (χ1n) is 9.65. The number of nitrogens with zero attached hydrogens (tertiary/aromatic N) is 2. The van der Waals surface area contributed by atoms with Crippen LogP contribution in [0, 0.1) is 17.8 Å². The number of amides is 1. The fourth-order valence-electron chi connectivity index (χ4n) is 4.10. The second-order valence-electron chi connectivity index (χ2n) is 9.38. The van der Waals surface area contributed by atoms with Crippen LogP contribution in [-0.2, 0) is 21.2 Å². The molecule has 2 aliphatic rings. The number of likely N-dealkylation sites (tertiary alicyclic amines) is 1. The molecule has 6 nitrogen and oxygen atoms in total. The molecule has 1 aromatic rings. The number of carbonyl (C=O) groups is 1. The number of piperidine rings is 1. The number of hydrogen-bond acceptors (Lipinski definition) is 5. The van der Waals surface area contributed by atoms with Crippen LogP contribution >= 0.6 is 0 Å². The van der Waals surface area contributed by atoms with Crippen molar-refractivity contribution in [3.8, 4) is 0 Å². The number of pyridine rings is 1. The zero-order valence-electron chi connectivity index (χ0n) is 17.2. The number of fused-ring (bicyclic) bond motifs is 1. The summed E-state index contributed by atoms with van der Waals surface area (Å²) < 4.78 is 45.5. The van der Waals surface area contributed by atoms with Crippen LogP contribution in [0.5, 0.6) is 0 Å². The van der Waals surface area contributed by atoms with E-state index in [0.717, 1.165) is 6.07 Å². The Bertz CT molecular complexity index is 764. The van der Waals surface area contributed by atoms with Gasteiger partial charge in [0.25, 0.3) is 0 Å². The van der Waals surface area contributed by atoms with Gasteiger partial charge in [-0.15, -0.1) is 0 Å². The van der Waals surface area contributed by atoms with E-state index in [1.807, 2.05) is 20.8 Å². The zero-order chi connectivity index (χ0) is 21.8. The van der Waals surface area contributed by atoms with E-state index < -0.39 is 29.3 Å². The summed E-state index contributed by atoms with van der Waals surface area (Å²) in [6.07, 6.45) is -4.30. The van der Waals surface area contributed by atoms with Crippen LogP contribution < -0.4 is 5.32 Å². The van der Waals surface area contributed by atoms with Gasteiger partial charge in [-0.1, -0.05) is 0 Å². The second kappa shape index (κ2) is 7.21. The number of carbonyl (C=O) groups excluding carboxylic acids is 1. The zero-order valence-corrected chi connectivity index (χ0v) is 17.2. The minimum atomic E-state index is -4.55. The van der Waals surface area contributed by atoms with Crippen LogP contribution in [0.2, 0.25) is 0 Å². The smallest absolute Gasteiger partial charge is 0.356 e. The van der Waals surface area contributed by atoms with Crippen molar-refractivity contribution >= 4 is 5.91 Å². The molecule has 1 aliphatic heterocycles. The maximum atomic E-state index is 13.3. The monoisotopic (exact) mass is 415 g/mol. The topological polar surface area (TPSA) is 74.7 Å². The first kappa shape index (κ1) is 22.0. The number of alkyl halides is 3. The maximum Gasteiger partial charge on any atom is 0.418 e. The lowest BCUT2D eigenvalue weighted by molar-refractivity contribution is -0.236. The average molecular weight is 415 g/mol. The Kier molecular flexibility index (Phi) is 5.47. The number of aromatic nitrogens is 1. The van der Waals surface area contributed by atoms with Crippen LogP contribution in [-0.4, -0.2) is 46.0 Å². The summed E-state index contributed by atoms with van der Waals surface area (Å²) in [5, 5.41) is 12.9. The molecule has 1 aliphatic carbocycles. The Hall–Kier alpha value is -1.71. The van der Waals surface area contributed by atoms with E-state index in [4.69, 9.17) is 4.74 Å². The van der Waals surface area contributed by atoms with Gasteiger partial charge in [-0.3, -0.25) is 14.7 Å². The van der Waals surface area contributed by atoms with Gasteiger partial charge in [0.05, 0.1) is 22.4 Å². The van der Waals surface area contributed by atoms with E-state index in [9.17, 15) is 23.1 Å². The van der Waals surface area contributed by atoms with Gasteiger partial charge in [-0.2, -0.15) is 13.2 Å². The molecule has 0 radical (unpaired) electrons. The third-order valence-electron chi connectivity index (χ3n) is 5.44. The van der Waals surface area contributed by atoms with Crippen molar-refractivity contribution < 1.29 is 27.8 Å². The largest absolute Gasteiger partial charge is 0.418 e. The van der Waals surface area contributed by atoms with Gasteiger partial charge in [0, 0.05) is 25.2 Å². The molecular weight excluding hydrogens is 387 g/mol. The average Bonchev–Trinajstić information content (AvgIpc) is 3.07. The molecule has 4 atom stereocenters. The van der Waals surface area contributed by atoms with Crippen molar-refractivity contribution in [2.24, 2.45) is 17.8 Å². The van der Waals surface area contributed by atoms with Crippen LogP contribution in [0.3, 0.4) is 0 Å². The summed E-state index contributed by atoms with van der Waals surface area (Å²) in [5.41, 5.74) is -2.82. The van der Waals surface area contributed by atoms with Gasteiger partial charge in [-0.25, -0.2) is 0 Å². The second-order valence-corrected chi connectivity index (χ2v) is 9.38. The number of rotatable bonds is 5. The summed E-state index contributed by atoms with van der Waals surface area (Å²) in [6, 6.07) is 2.20. The lowest BCUT2D eigenvalue weighted by Crippen LogP contribution is -2.46. The third kappa shape index (κ3) is 4.73. The minimum Gasteiger partial charge on any atom is -0.356 e. The molecule has 9 heteroatoms. The molecule has 162 valence electrons. The van der Waals surface area contributed by atoms with Crippen LogP contribution in [0.1, 0.15) is 45.9 Å². The summed E-state index contributed by atoms with van der Waals surface area (Å²) in [7, 11) is 0. The Morgan fingerprint density at radius 2 is 1.83 bits per heavy atom. The number of hydrogen-bond donors (Lipinski definition) is 2. The molecule has 0 spiro atoms. The van der Waals surface area contributed by atoms with Crippen molar-refractivity contribution in [2.75, 3.05) is 13.1 Å². The first-order chi connectivity index (χ1) is 13.2. The van der Waals surface area contributed by atoms with Crippen molar-refractivity contribution in [1.82, 2.24) is 15.2 Å². The van der Waals surface area contributed by atoms with Gasteiger partial charge in [0.1, 0.15) is 0 Å². The molecule has 2 N–H and O–H groups in total. The van der Waals surface area contributed by atoms with E-state index >= 15 is 0 Å². The third-order valence-corrected chi connectivity index (χ3v) is 5.44. The standard InChI is InChI=1S/C20H28F3N3O3/c1-18(2,3)29-17(28)26-9-11-12(10-26)14(11)16(27)25-19(4,5)15-13(20(21,22)23)7-6-8-24-15/h6-8,11-12,14,17,28H,9-10H2,1-5H3,(H,25,27)/t11-,12+,14+,17?. The van der Waals surface area contributed by atoms with Crippen LogP contribution in [0.4, 0.5) is 13.2 Å². The highest BCUT2D eigenvalue weighted by atomic mass is 19.4. The molecule has 1 aromatic heterocycles. The molecule has 1 unspecified atom stereocenters. The minimum absolute atomic E-state index is 0.0647. The Morgan fingerprint density at radius 1 is 1.24 bits per heavy atom. The molecule has 3 rings (SSSR count). The molecular formula is C20H28F3N3O3. The highest BCUT2D eigenvalue weighted by molar-refractivity contribution is 5.83. The molecule has 1 saturated carbocycles. The van der Waals surface area contributed by atoms with Crippen molar-refractivity contribution in [3.05, 3.63) is 29.6 Å². The van der Waals surface area contributed by atoms with Gasteiger partial charge >= 0.3 is 6.18 Å². The molecule has 1 amide bonds. The number of nitrogens with one attached hydrogen (secondary N) is 1. The lowest BCUT2D eigenvalue weighted by Gasteiger charge is -2.32. The number of aliphatic hydroxyl groups excluding tert-OH is 1. The molecule has 2 heterocycles. The number of ether oxygens (including phenoxy) is 1. The Labute approximate surface area is 168 Å². The Morgan fingerprint density at radius 3 is 2.34 bits per heavy atom. The van der Waals surface area contributed by atoms with Gasteiger partial charge in [-0.05, 0) is 58.6 Å². The van der Waals surface area contributed by atoms with Gasteiger partial charge < -0.3 is 15.2 Å².